The highest BCUT2D eigenvalue weighted by Gasteiger charge is 2.30. The Labute approximate surface area is 162 Å². The number of carbonyl (C=O) groups excluding carboxylic acids is 2. The van der Waals surface area contributed by atoms with E-state index in [1.165, 1.54) is 0 Å². The molecule has 0 aliphatic rings. The smallest absolute Gasteiger partial charge is 0.416 e. The first kappa shape index (κ1) is 20.1. The molecule has 10 heteroatoms. The quantitative estimate of drug-likeness (QED) is 0.633. The van der Waals surface area contributed by atoms with E-state index in [0.717, 1.165) is 29.8 Å². The first-order chi connectivity index (χ1) is 13.8. The zero-order chi connectivity index (χ0) is 20.9. The third-order valence-corrected chi connectivity index (χ3v) is 3.72. The molecule has 0 bridgehead atoms. The van der Waals surface area contributed by atoms with Crippen LogP contribution in [0.15, 0.2) is 59.1 Å². The average Bonchev–Trinajstić information content (AvgIpc) is 3.20. The summed E-state index contributed by atoms with van der Waals surface area (Å²) >= 11 is 0. The number of carbonyl (C=O) groups is 2. The number of hydrogen-bond acceptors (Lipinski definition) is 6. The minimum atomic E-state index is -4.49. The van der Waals surface area contributed by atoms with Crippen molar-refractivity contribution in [1.29, 1.82) is 0 Å². The molecule has 0 radical (unpaired) electrons. The average molecular weight is 405 g/mol. The second-order valence-corrected chi connectivity index (χ2v) is 5.80. The molecule has 150 valence electrons. The Kier molecular flexibility index (Phi) is 5.91. The van der Waals surface area contributed by atoms with E-state index < -0.39 is 30.2 Å². The van der Waals surface area contributed by atoms with E-state index >= 15 is 0 Å². The van der Waals surface area contributed by atoms with Crippen LogP contribution in [0.25, 0.3) is 11.4 Å². The molecule has 0 saturated carbocycles. The van der Waals surface area contributed by atoms with E-state index in [-0.39, 0.29) is 18.1 Å². The van der Waals surface area contributed by atoms with Gasteiger partial charge >= 0.3 is 12.1 Å². The molecule has 1 heterocycles. The second kappa shape index (κ2) is 8.55. The molecule has 7 nitrogen and oxygen atoms in total. The highest BCUT2D eigenvalue weighted by Crippen LogP contribution is 2.29. The van der Waals surface area contributed by atoms with Crippen LogP contribution in [0.3, 0.4) is 0 Å². The molecule has 29 heavy (non-hydrogen) atoms. The van der Waals surface area contributed by atoms with Gasteiger partial charge in [0.05, 0.1) is 5.56 Å². The van der Waals surface area contributed by atoms with Gasteiger partial charge in [-0.3, -0.25) is 9.59 Å². The summed E-state index contributed by atoms with van der Waals surface area (Å²) < 4.78 is 47.5. The number of nitrogens with one attached hydrogen (secondary N) is 1. The van der Waals surface area contributed by atoms with Crippen molar-refractivity contribution in [3.63, 3.8) is 0 Å². The van der Waals surface area contributed by atoms with Crippen LogP contribution in [-0.2, 0) is 22.3 Å². The molecule has 1 aromatic heterocycles. The third-order valence-electron chi connectivity index (χ3n) is 3.72. The Bertz CT molecular complexity index is 986. The molecule has 1 N–H and O–H groups in total. The molecule has 0 aliphatic carbocycles. The van der Waals surface area contributed by atoms with Crippen molar-refractivity contribution in [2.45, 2.75) is 12.8 Å². The Hall–Kier alpha value is -3.69. The first-order valence-electron chi connectivity index (χ1n) is 8.32. The van der Waals surface area contributed by atoms with Crippen molar-refractivity contribution >= 4 is 11.9 Å². The summed E-state index contributed by atoms with van der Waals surface area (Å²) in [4.78, 5) is 27.7. The zero-order valence-corrected chi connectivity index (χ0v) is 14.8. The summed E-state index contributed by atoms with van der Waals surface area (Å²) in [5.41, 5.74) is -0.157. The summed E-state index contributed by atoms with van der Waals surface area (Å²) in [5, 5.41) is 6.04. The Morgan fingerprint density at radius 3 is 2.38 bits per heavy atom. The van der Waals surface area contributed by atoms with Crippen LogP contribution < -0.4 is 5.32 Å². The molecule has 0 atom stereocenters. The summed E-state index contributed by atoms with van der Waals surface area (Å²) in [5.74, 6) is -1.07. The van der Waals surface area contributed by atoms with Crippen LogP contribution >= 0.6 is 0 Å². The highest BCUT2D eigenvalue weighted by atomic mass is 19.4. The van der Waals surface area contributed by atoms with E-state index in [4.69, 9.17) is 9.26 Å². The Morgan fingerprint density at radius 1 is 1.03 bits per heavy atom. The monoisotopic (exact) mass is 405 g/mol. The van der Waals surface area contributed by atoms with E-state index in [1.807, 2.05) is 18.2 Å². The van der Waals surface area contributed by atoms with Gasteiger partial charge in [-0.1, -0.05) is 35.5 Å². The van der Waals surface area contributed by atoms with Gasteiger partial charge in [-0.2, -0.15) is 18.2 Å². The van der Waals surface area contributed by atoms with E-state index in [0.29, 0.717) is 5.82 Å². The fourth-order valence-corrected chi connectivity index (χ4v) is 2.28. The Morgan fingerprint density at radius 2 is 1.72 bits per heavy atom. The maximum atomic E-state index is 12.5. The topological polar surface area (TPSA) is 94.3 Å². The fourth-order valence-electron chi connectivity index (χ4n) is 2.28. The zero-order valence-electron chi connectivity index (χ0n) is 14.8. The number of alkyl halides is 3. The highest BCUT2D eigenvalue weighted by molar-refractivity contribution is 5.95. The SMILES string of the molecule is O=C(CNC(=O)c1ccc(C(F)(F)F)cc1)OCc1nc(-c2ccccc2)no1. The predicted molar refractivity (Wildman–Crippen MR) is 93.3 cm³/mol. The lowest BCUT2D eigenvalue weighted by atomic mass is 10.1. The first-order valence-corrected chi connectivity index (χ1v) is 8.32. The van der Waals surface area contributed by atoms with Gasteiger partial charge in [0, 0.05) is 11.1 Å². The molecule has 3 aromatic rings. The molecule has 1 amide bonds. The lowest BCUT2D eigenvalue weighted by Crippen LogP contribution is -2.30. The van der Waals surface area contributed by atoms with Crippen LogP contribution in [0.4, 0.5) is 13.2 Å². The van der Waals surface area contributed by atoms with Crippen molar-refractivity contribution in [3.8, 4) is 11.4 Å². The number of aromatic nitrogens is 2. The molecular weight excluding hydrogens is 391 g/mol. The van der Waals surface area contributed by atoms with Crippen LogP contribution in [0.1, 0.15) is 21.8 Å². The van der Waals surface area contributed by atoms with Gasteiger partial charge in [0.25, 0.3) is 11.8 Å². The minimum absolute atomic E-state index is 0.0183. The number of ether oxygens (including phenoxy) is 1. The van der Waals surface area contributed by atoms with E-state index in [9.17, 15) is 22.8 Å². The number of rotatable bonds is 6. The Balaban J connectivity index is 1.46. The summed E-state index contributed by atoms with van der Waals surface area (Å²) in [6, 6.07) is 12.6. The van der Waals surface area contributed by atoms with Crippen LogP contribution in [-0.4, -0.2) is 28.6 Å². The van der Waals surface area contributed by atoms with Crippen molar-refractivity contribution in [3.05, 3.63) is 71.6 Å². The van der Waals surface area contributed by atoms with Gasteiger partial charge in [-0.05, 0) is 24.3 Å². The normalized spacial score (nSPS) is 11.1. The van der Waals surface area contributed by atoms with Crippen molar-refractivity contribution in [2.24, 2.45) is 0 Å². The largest absolute Gasteiger partial charge is 0.454 e. The van der Waals surface area contributed by atoms with E-state index in [1.54, 1.807) is 12.1 Å². The number of hydrogen-bond donors (Lipinski definition) is 1. The van der Waals surface area contributed by atoms with E-state index in [2.05, 4.69) is 15.5 Å². The molecule has 2 aromatic carbocycles. The fraction of sp³-hybridized carbons (Fsp3) is 0.158. The van der Waals surface area contributed by atoms with Crippen molar-refractivity contribution in [2.75, 3.05) is 6.54 Å². The molecule has 0 saturated heterocycles. The molecule has 0 fully saturated rings. The lowest BCUT2D eigenvalue weighted by Gasteiger charge is -2.08. The molecular formula is C19H14F3N3O4. The van der Waals surface area contributed by atoms with Gasteiger partial charge in [-0.25, -0.2) is 0 Å². The number of benzene rings is 2. The number of halogens is 3. The third kappa shape index (κ3) is 5.41. The number of esters is 1. The standard InChI is InChI=1S/C19H14F3N3O4/c20-19(21,22)14-8-6-13(7-9-14)18(27)23-10-16(26)28-11-15-24-17(25-29-15)12-4-2-1-3-5-12/h1-9H,10-11H2,(H,23,27). The number of amides is 1. The van der Waals surface area contributed by atoms with Gasteiger partial charge < -0.3 is 14.6 Å². The predicted octanol–water partition coefficient (Wildman–Crippen LogP) is 3.23. The van der Waals surface area contributed by atoms with Gasteiger partial charge in [-0.15, -0.1) is 0 Å². The van der Waals surface area contributed by atoms with Crippen molar-refractivity contribution in [1.82, 2.24) is 15.5 Å². The van der Waals surface area contributed by atoms with Crippen LogP contribution in [0.5, 0.6) is 0 Å². The molecule has 0 spiro atoms. The lowest BCUT2D eigenvalue weighted by molar-refractivity contribution is -0.144. The van der Waals surface area contributed by atoms with Gasteiger partial charge in [0.2, 0.25) is 5.82 Å². The summed E-state index contributed by atoms with van der Waals surface area (Å²) in [7, 11) is 0. The summed E-state index contributed by atoms with van der Waals surface area (Å²) in [6.07, 6.45) is -4.49. The molecule has 0 unspecified atom stereocenters. The maximum Gasteiger partial charge on any atom is 0.416 e. The maximum absolute atomic E-state index is 12.5. The second-order valence-electron chi connectivity index (χ2n) is 5.80. The minimum Gasteiger partial charge on any atom is -0.454 e. The van der Waals surface area contributed by atoms with Gasteiger partial charge in [0.15, 0.2) is 6.61 Å². The molecule has 3 rings (SSSR count). The molecule has 0 aliphatic heterocycles. The summed E-state index contributed by atoms with van der Waals surface area (Å²) in [6.45, 7) is -0.756. The van der Waals surface area contributed by atoms with Crippen LogP contribution in [0.2, 0.25) is 0 Å². The van der Waals surface area contributed by atoms with Crippen LogP contribution in [0, 0.1) is 0 Å². The number of nitrogens with zero attached hydrogens (tertiary/aromatic N) is 2. The van der Waals surface area contributed by atoms with Gasteiger partial charge in [0.1, 0.15) is 6.54 Å². The van der Waals surface area contributed by atoms with Crippen molar-refractivity contribution < 1.29 is 32.0 Å².